The van der Waals surface area contributed by atoms with Gasteiger partial charge in [-0.25, -0.2) is 4.39 Å². The van der Waals surface area contributed by atoms with Crippen LogP contribution in [-0.4, -0.2) is 60.8 Å². The average Bonchev–Trinajstić information content (AvgIpc) is 3.38. The predicted molar refractivity (Wildman–Crippen MR) is 131 cm³/mol. The molecule has 2 fully saturated rings. The molecule has 0 aromatic heterocycles. The van der Waals surface area contributed by atoms with Crippen molar-refractivity contribution in [3.05, 3.63) is 70.5 Å². The van der Waals surface area contributed by atoms with Crippen molar-refractivity contribution in [3.63, 3.8) is 0 Å². The molecule has 0 bridgehead atoms. The number of hydrogen-bond acceptors (Lipinski definition) is 5. The van der Waals surface area contributed by atoms with Gasteiger partial charge in [-0.1, -0.05) is 48.0 Å². The van der Waals surface area contributed by atoms with Crippen molar-refractivity contribution in [1.82, 2.24) is 15.5 Å². The van der Waals surface area contributed by atoms with E-state index in [1.54, 1.807) is 6.07 Å². The fourth-order valence-corrected chi connectivity index (χ4v) is 5.75. The molecule has 176 valence electrons. The minimum absolute atomic E-state index is 0.00962. The summed E-state index contributed by atoms with van der Waals surface area (Å²) in [5.74, 6) is 0.0191. The average molecular weight is 490 g/mol. The van der Waals surface area contributed by atoms with Gasteiger partial charge in [-0.15, -0.1) is 0 Å². The molecule has 0 spiro atoms. The van der Waals surface area contributed by atoms with Crippen LogP contribution in [-0.2, 0) is 4.79 Å². The molecule has 3 unspecified atom stereocenters. The number of nitrogens with zero attached hydrogens (tertiary/aromatic N) is 1. The van der Waals surface area contributed by atoms with Crippen molar-refractivity contribution in [3.8, 4) is 0 Å². The lowest BCUT2D eigenvalue weighted by molar-refractivity contribution is -0.119. The Balaban J connectivity index is 1.54. The molecule has 2 saturated heterocycles. The predicted octanol–water partition coefficient (Wildman–Crippen LogP) is 3.79. The Morgan fingerprint density at radius 3 is 2.73 bits per heavy atom. The number of Topliss-reactive ketones (excluding diaryl/α,β-unsaturated/α-hetero) is 1. The Morgan fingerprint density at radius 1 is 1.21 bits per heavy atom. The van der Waals surface area contributed by atoms with Gasteiger partial charge >= 0.3 is 0 Å². The van der Waals surface area contributed by atoms with Gasteiger partial charge in [0.15, 0.2) is 5.78 Å². The maximum absolute atomic E-state index is 14.6. The Labute approximate surface area is 203 Å². The third-order valence-corrected chi connectivity index (χ3v) is 7.52. The third kappa shape index (κ3) is 5.43. The number of thioether (sulfide) groups is 1. The molecule has 2 aliphatic heterocycles. The highest BCUT2D eigenvalue weighted by Gasteiger charge is 2.48. The fourth-order valence-electron chi connectivity index (χ4n) is 5.15. The van der Waals surface area contributed by atoms with Crippen LogP contribution in [0.25, 0.3) is 0 Å². The topological polar surface area (TPSA) is 61.4 Å². The normalized spacial score (nSPS) is 23.3. The largest absolute Gasteiger partial charge is 0.349 e. The molecule has 1 amide bonds. The van der Waals surface area contributed by atoms with Gasteiger partial charge in [-0.3, -0.25) is 14.5 Å². The minimum Gasteiger partial charge on any atom is -0.349 e. The van der Waals surface area contributed by atoms with E-state index >= 15 is 0 Å². The van der Waals surface area contributed by atoms with Gasteiger partial charge in [0, 0.05) is 19.6 Å². The molecular weight excluding hydrogens is 461 g/mol. The summed E-state index contributed by atoms with van der Waals surface area (Å²) in [6.45, 7) is 2.97. The lowest BCUT2D eigenvalue weighted by atomic mass is 9.89. The summed E-state index contributed by atoms with van der Waals surface area (Å²) < 4.78 is 14.6. The molecule has 2 aromatic carbocycles. The summed E-state index contributed by atoms with van der Waals surface area (Å²) in [6, 6.07) is 13.7. The smallest absolute Gasteiger partial charge is 0.230 e. The van der Waals surface area contributed by atoms with E-state index in [4.69, 9.17) is 11.6 Å². The number of carbonyl (C=O) groups is 2. The summed E-state index contributed by atoms with van der Waals surface area (Å²) in [4.78, 5) is 28.1. The highest BCUT2D eigenvalue weighted by atomic mass is 35.5. The molecule has 2 N–H and O–H groups in total. The highest BCUT2D eigenvalue weighted by molar-refractivity contribution is 7.99. The van der Waals surface area contributed by atoms with E-state index in [0.29, 0.717) is 24.6 Å². The quantitative estimate of drug-likeness (QED) is 0.525. The molecule has 5 nitrogen and oxygen atoms in total. The van der Waals surface area contributed by atoms with Crippen molar-refractivity contribution in [2.75, 3.05) is 38.2 Å². The minimum atomic E-state index is -0.576. The van der Waals surface area contributed by atoms with Crippen molar-refractivity contribution in [2.45, 2.75) is 18.5 Å². The third-order valence-electron chi connectivity index (χ3n) is 6.66. The summed E-state index contributed by atoms with van der Waals surface area (Å²) in [7, 11) is 0. The first kappa shape index (κ1) is 24.2. The van der Waals surface area contributed by atoms with Gasteiger partial charge in [0.2, 0.25) is 5.91 Å². The van der Waals surface area contributed by atoms with E-state index in [2.05, 4.69) is 15.5 Å². The molecule has 0 aliphatic carbocycles. The first-order valence-corrected chi connectivity index (χ1v) is 13.0. The van der Waals surface area contributed by atoms with Crippen LogP contribution in [0.3, 0.4) is 0 Å². The highest BCUT2D eigenvalue weighted by Crippen LogP contribution is 2.36. The van der Waals surface area contributed by atoms with Crippen molar-refractivity contribution >= 4 is 35.1 Å². The number of ketones is 1. The van der Waals surface area contributed by atoms with E-state index < -0.39 is 11.9 Å². The van der Waals surface area contributed by atoms with Crippen LogP contribution in [0.1, 0.15) is 28.4 Å². The second-order valence-corrected chi connectivity index (χ2v) is 10.0. The van der Waals surface area contributed by atoms with E-state index in [9.17, 15) is 14.0 Å². The lowest BCUT2D eigenvalue weighted by Gasteiger charge is -2.29. The number of rotatable bonds is 9. The van der Waals surface area contributed by atoms with Gasteiger partial charge in [-0.05, 0) is 48.8 Å². The Kier molecular flexibility index (Phi) is 8.07. The molecular formula is C25H29ClFN3O2S. The number of halogens is 2. The van der Waals surface area contributed by atoms with Gasteiger partial charge in [0.05, 0.1) is 28.4 Å². The van der Waals surface area contributed by atoms with E-state index in [0.717, 1.165) is 25.2 Å². The van der Waals surface area contributed by atoms with Gasteiger partial charge < -0.3 is 10.6 Å². The van der Waals surface area contributed by atoms with Crippen molar-refractivity contribution in [2.24, 2.45) is 11.8 Å². The van der Waals surface area contributed by atoms with Crippen LogP contribution >= 0.6 is 23.4 Å². The number of carbonyl (C=O) groups excluding carboxylic acids is 2. The van der Waals surface area contributed by atoms with E-state index in [-0.39, 0.29) is 34.2 Å². The standard InChI is InChI=1S/C25H29ClFN3O2S/c1-33-15-22(31)29-21(16-6-3-2-4-7-16)10-11-30-14-17-12-28-13-18(17)24(30)25(32)23-19(26)8-5-9-20(23)27/h2-9,17-18,21,24,28H,10-15H2,1H3,(H,29,31)/t17?,18?,21-,24?/m0/s1. The van der Waals surface area contributed by atoms with Crippen LogP contribution in [0.5, 0.6) is 0 Å². The van der Waals surface area contributed by atoms with Crippen molar-refractivity contribution < 1.29 is 14.0 Å². The number of likely N-dealkylation sites (tertiary alicyclic amines) is 1. The zero-order chi connectivity index (χ0) is 23.4. The second kappa shape index (κ2) is 11.0. The Morgan fingerprint density at radius 2 is 2.00 bits per heavy atom. The summed E-state index contributed by atoms with van der Waals surface area (Å²) in [5, 5.41) is 6.67. The SMILES string of the molecule is CSCC(=O)N[C@@H](CCN1CC2CNCC2C1C(=O)c1c(F)cccc1Cl)c1ccccc1. The monoisotopic (exact) mass is 489 g/mol. The molecule has 0 saturated carbocycles. The van der Waals surface area contributed by atoms with Crippen LogP contribution in [0.4, 0.5) is 4.39 Å². The number of hydrogen-bond donors (Lipinski definition) is 2. The maximum Gasteiger partial charge on any atom is 0.230 e. The van der Waals surface area contributed by atoms with E-state index in [1.165, 1.54) is 23.9 Å². The molecule has 2 aliphatic rings. The molecule has 4 rings (SSSR count). The fraction of sp³-hybridized carbons (Fsp3) is 0.440. The molecule has 2 aromatic rings. The molecule has 8 heteroatoms. The van der Waals surface area contributed by atoms with E-state index in [1.807, 2.05) is 36.6 Å². The molecule has 4 atom stereocenters. The zero-order valence-corrected chi connectivity index (χ0v) is 20.2. The van der Waals surface area contributed by atoms with Crippen LogP contribution in [0, 0.1) is 17.7 Å². The van der Waals surface area contributed by atoms with Gasteiger partial charge in [0.1, 0.15) is 5.82 Å². The van der Waals surface area contributed by atoms with Gasteiger partial charge in [-0.2, -0.15) is 11.8 Å². The first-order valence-electron chi connectivity index (χ1n) is 11.3. The summed E-state index contributed by atoms with van der Waals surface area (Å²) in [5.41, 5.74) is 1.02. The number of benzene rings is 2. The Bertz CT molecular complexity index is 973. The number of fused-ring (bicyclic) bond motifs is 1. The van der Waals surface area contributed by atoms with Crippen LogP contribution < -0.4 is 10.6 Å². The number of amides is 1. The summed E-state index contributed by atoms with van der Waals surface area (Å²) in [6.07, 6.45) is 2.56. The Hall–Kier alpha value is -1.93. The van der Waals surface area contributed by atoms with Crippen LogP contribution in [0.15, 0.2) is 48.5 Å². The summed E-state index contributed by atoms with van der Waals surface area (Å²) >= 11 is 7.73. The first-order chi connectivity index (χ1) is 16.0. The second-order valence-electron chi connectivity index (χ2n) is 8.74. The zero-order valence-electron chi connectivity index (χ0n) is 18.6. The van der Waals surface area contributed by atoms with Crippen LogP contribution in [0.2, 0.25) is 5.02 Å². The molecule has 2 heterocycles. The maximum atomic E-state index is 14.6. The van der Waals surface area contributed by atoms with Crippen molar-refractivity contribution in [1.29, 1.82) is 0 Å². The molecule has 33 heavy (non-hydrogen) atoms. The number of nitrogens with one attached hydrogen (secondary N) is 2. The molecule has 0 radical (unpaired) electrons. The lowest BCUT2D eigenvalue weighted by Crippen LogP contribution is -2.43. The van der Waals surface area contributed by atoms with Gasteiger partial charge in [0.25, 0.3) is 0 Å².